The summed E-state index contributed by atoms with van der Waals surface area (Å²) in [5, 5.41) is 3.28. The van der Waals surface area contributed by atoms with Crippen LogP contribution < -0.4 is 19.5 Å². The summed E-state index contributed by atoms with van der Waals surface area (Å²) < 4.78 is 22.5. The van der Waals surface area contributed by atoms with E-state index in [-0.39, 0.29) is 18.1 Å². The van der Waals surface area contributed by atoms with Crippen molar-refractivity contribution in [1.82, 2.24) is 5.32 Å². The van der Waals surface area contributed by atoms with Crippen molar-refractivity contribution in [2.45, 2.75) is 44.2 Å². The van der Waals surface area contributed by atoms with Crippen LogP contribution in [0.2, 0.25) is 0 Å². The van der Waals surface area contributed by atoms with Crippen LogP contribution in [0.1, 0.15) is 42.9 Å². The number of benzene rings is 2. The van der Waals surface area contributed by atoms with Gasteiger partial charge in [-0.2, -0.15) is 0 Å². The summed E-state index contributed by atoms with van der Waals surface area (Å²) in [6, 6.07) is 13.3. The van der Waals surface area contributed by atoms with E-state index in [1.54, 1.807) is 20.3 Å². The molecule has 0 amide bonds. The fraction of sp³-hybridized carbons (Fsp3) is 0.423. The number of esters is 1. The minimum Gasteiger partial charge on any atom is -0.493 e. The third kappa shape index (κ3) is 6.50. The number of rotatable bonds is 11. The lowest BCUT2D eigenvalue weighted by molar-refractivity contribution is -0.153. The second kappa shape index (κ2) is 12.2. The van der Waals surface area contributed by atoms with Crippen LogP contribution in [0.4, 0.5) is 0 Å². The van der Waals surface area contributed by atoms with E-state index in [1.807, 2.05) is 42.5 Å². The van der Waals surface area contributed by atoms with Crippen LogP contribution >= 0.6 is 0 Å². The van der Waals surface area contributed by atoms with Crippen LogP contribution in [0.15, 0.2) is 55.1 Å². The number of carbonyl (C=O) groups excluding carboxylic acids is 1. The van der Waals surface area contributed by atoms with E-state index in [0.29, 0.717) is 30.9 Å². The van der Waals surface area contributed by atoms with Gasteiger partial charge >= 0.3 is 5.97 Å². The molecule has 2 atom stereocenters. The first-order valence-corrected chi connectivity index (χ1v) is 11.1. The van der Waals surface area contributed by atoms with E-state index in [0.717, 1.165) is 42.7 Å². The highest BCUT2D eigenvalue weighted by atomic mass is 16.5. The van der Waals surface area contributed by atoms with E-state index >= 15 is 0 Å². The molecule has 3 rings (SSSR count). The van der Waals surface area contributed by atoms with Crippen LogP contribution in [-0.2, 0) is 16.0 Å². The first-order valence-electron chi connectivity index (χ1n) is 11.1. The first-order chi connectivity index (χ1) is 15.6. The summed E-state index contributed by atoms with van der Waals surface area (Å²) in [5.41, 5.74) is 2.00. The quantitative estimate of drug-likeness (QED) is 0.407. The third-order valence-corrected chi connectivity index (χ3v) is 5.59. The lowest BCUT2D eigenvalue weighted by atomic mass is 10.00. The van der Waals surface area contributed by atoms with Crippen molar-refractivity contribution in [2.75, 3.05) is 27.4 Å². The second-order valence-electron chi connectivity index (χ2n) is 7.83. The molecule has 1 aliphatic heterocycles. The van der Waals surface area contributed by atoms with Gasteiger partial charge in [0, 0.05) is 0 Å². The summed E-state index contributed by atoms with van der Waals surface area (Å²) in [6.07, 6.45) is 5.61. The predicted molar refractivity (Wildman–Crippen MR) is 124 cm³/mol. The molecule has 2 unspecified atom stereocenters. The molecule has 1 N–H and O–H groups in total. The van der Waals surface area contributed by atoms with E-state index in [4.69, 9.17) is 18.9 Å². The zero-order valence-electron chi connectivity index (χ0n) is 19.0. The number of hydrogen-bond donors (Lipinski definition) is 1. The van der Waals surface area contributed by atoms with Crippen molar-refractivity contribution in [2.24, 2.45) is 0 Å². The third-order valence-electron chi connectivity index (χ3n) is 5.59. The fourth-order valence-corrected chi connectivity index (χ4v) is 3.86. The highest BCUT2D eigenvalue weighted by Gasteiger charge is 2.26. The minimum atomic E-state index is -0.383. The molecule has 0 saturated carbocycles. The maximum atomic E-state index is 12.9. The van der Waals surface area contributed by atoms with Crippen LogP contribution in [0.25, 0.3) is 0 Å². The monoisotopic (exact) mass is 439 g/mol. The molecule has 0 aliphatic carbocycles. The van der Waals surface area contributed by atoms with Crippen LogP contribution in [-0.4, -0.2) is 39.4 Å². The predicted octanol–water partition coefficient (Wildman–Crippen LogP) is 4.63. The highest BCUT2D eigenvalue weighted by molar-refractivity contribution is 5.76. The van der Waals surface area contributed by atoms with Crippen molar-refractivity contribution >= 4 is 5.97 Å². The van der Waals surface area contributed by atoms with Gasteiger partial charge in [-0.05, 0) is 67.6 Å². The van der Waals surface area contributed by atoms with Gasteiger partial charge in [0.15, 0.2) is 11.5 Å². The summed E-state index contributed by atoms with van der Waals surface area (Å²) in [5.74, 6) is 1.91. The number of aryl methyl sites for hydroxylation is 1. The molecule has 6 nitrogen and oxygen atoms in total. The Balaban J connectivity index is 1.77. The maximum Gasteiger partial charge on any atom is 0.323 e. The fourth-order valence-electron chi connectivity index (χ4n) is 3.86. The second-order valence-corrected chi connectivity index (χ2v) is 7.83. The van der Waals surface area contributed by atoms with E-state index < -0.39 is 0 Å². The molecular formula is C26H33NO5. The van der Waals surface area contributed by atoms with Gasteiger partial charge in [0.1, 0.15) is 24.5 Å². The summed E-state index contributed by atoms with van der Waals surface area (Å²) in [6.45, 7) is 4.96. The molecule has 1 aliphatic rings. The molecule has 1 saturated heterocycles. The minimum absolute atomic E-state index is 0.195. The average molecular weight is 440 g/mol. The molecule has 172 valence electrons. The van der Waals surface area contributed by atoms with Crippen LogP contribution in [0, 0.1) is 0 Å². The topological polar surface area (TPSA) is 66.0 Å². The van der Waals surface area contributed by atoms with Crippen molar-refractivity contribution < 1.29 is 23.7 Å². The molecule has 1 fully saturated rings. The smallest absolute Gasteiger partial charge is 0.323 e. The molecule has 2 aromatic rings. The molecule has 32 heavy (non-hydrogen) atoms. The number of piperidine rings is 1. The van der Waals surface area contributed by atoms with Crippen LogP contribution in [0.5, 0.6) is 17.2 Å². The van der Waals surface area contributed by atoms with Gasteiger partial charge < -0.3 is 24.3 Å². The number of methoxy groups -OCH3 is 2. The van der Waals surface area contributed by atoms with E-state index in [9.17, 15) is 4.79 Å². The number of hydrogen-bond acceptors (Lipinski definition) is 6. The molecule has 0 aromatic heterocycles. The van der Waals surface area contributed by atoms with Crippen molar-refractivity contribution in [1.29, 1.82) is 0 Å². The van der Waals surface area contributed by atoms with Crippen molar-refractivity contribution in [3.63, 3.8) is 0 Å². The lowest BCUT2D eigenvalue weighted by Gasteiger charge is -2.25. The number of ether oxygens (including phenoxy) is 4. The Labute approximate surface area is 190 Å². The summed E-state index contributed by atoms with van der Waals surface area (Å²) >= 11 is 0. The van der Waals surface area contributed by atoms with Crippen molar-refractivity contribution in [3.8, 4) is 17.2 Å². The van der Waals surface area contributed by atoms with Gasteiger partial charge in [-0.3, -0.25) is 4.79 Å². The van der Waals surface area contributed by atoms with Crippen LogP contribution in [0.3, 0.4) is 0 Å². The Morgan fingerprint density at radius 2 is 2.00 bits per heavy atom. The SMILES string of the molecule is C=CCOc1cccc(C(CCc2ccc(OC)c(OC)c2)OC(=O)C2CCCCN2)c1. The maximum absolute atomic E-state index is 12.9. The zero-order chi connectivity index (χ0) is 22.8. The number of carbonyl (C=O) groups is 1. The molecule has 6 heteroatoms. The van der Waals surface area contributed by atoms with Gasteiger partial charge in [0.25, 0.3) is 0 Å². The largest absolute Gasteiger partial charge is 0.493 e. The standard InChI is InChI=1S/C26H33NO5/c1-4-16-31-21-9-7-8-20(18-21)23(32-26(28)22-10-5-6-15-27-22)13-11-19-12-14-24(29-2)25(17-19)30-3/h4,7-9,12,14,17-18,22-23,27H,1,5-6,10-11,13,15-16H2,2-3H3. The molecule has 0 spiro atoms. The molecule has 0 radical (unpaired) electrons. The Morgan fingerprint density at radius 3 is 2.72 bits per heavy atom. The normalized spacial score (nSPS) is 16.6. The van der Waals surface area contributed by atoms with Gasteiger partial charge in [-0.15, -0.1) is 0 Å². The highest BCUT2D eigenvalue weighted by Crippen LogP contribution is 2.31. The van der Waals surface area contributed by atoms with Gasteiger partial charge in [0.05, 0.1) is 14.2 Å². The zero-order valence-corrected chi connectivity index (χ0v) is 19.0. The Morgan fingerprint density at radius 1 is 1.16 bits per heavy atom. The Bertz CT molecular complexity index is 892. The Kier molecular flexibility index (Phi) is 8.99. The Hall–Kier alpha value is -2.99. The summed E-state index contributed by atoms with van der Waals surface area (Å²) in [7, 11) is 3.24. The summed E-state index contributed by atoms with van der Waals surface area (Å²) in [4.78, 5) is 12.9. The average Bonchev–Trinajstić information content (AvgIpc) is 2.85. The first kappa shape index (κ1) is 23.7. The lowest BCUT2D eigenvalue weighted by Crippen LogP contribution is -2.41. The molecular weight excluding hydrogens is 406 g/mol. The molecule has 0 bridgehead atoms. The van der Waals surface area contributed by atoms with Gasteiger partial charge in [-0.25, -0.2) is 0 Å². The van der Waals surface area contributed by atoms with Crippen molar-refractivity contribution in [3.05, 3.63) is 66.2 Å². The molecule has 1 heterocycles. The van der Waals surface area contributed by atoms with E-state index in [2.05, 4.69) is 11.9 Å². The van der Waals surface area contributed by atoms with Gasteiger partial charge in [0.2, 0.25) is 0 Å². The molecule has 2 aromatic carbocycles. The van der Waals surface area contributed by atoms with Gasteiger partial charge in [-0.1, -0.05) is 37.3 Å². The number of nitrogens with one attached hydrogen (secondary N) is 1. The van der Waals surface area contributed by atoms with E-state index in [1.165, 1.54) is 0 Å².